The largest absolute Gasteiger partial charge is 0.508 e. The standard InChI is InChI=1S/C13H19ClO/c1-4-5-6-10-7-12(14)11(9(2)3)8-13(10)15/h7-9,15H,4-6H2,1-3H3. The van der Waals surface area contributed by atoms with Gasteiger partial charge in [-0.05, 0) is 42.0 Å². The van der Waals surface area contributed by atoms with Gasteiger partial charge in [-0.1, -0.05) is 38.8 Å². The molecule has 1 aromatic carbocycles. The first-order valence-electron chi connectivity index (χ1n) is 5.57. The summed E-state index contributed by atoms with van der Waals surface area (Å²) in [6.45, 7) is 6.29. The molecule has 84 valence electrons. The second kappa shape index (κ2) is 5.41. The van der Waals surface area contributed by atoms with Gasteiger partial charge in [0, 0.05) is 5.02 Å². The lowest BCUT2D eigenvalue weighted by atomic mass is 9.99. The first-order chi connectivity index (χ1) is 7.06. The molecule has 0 aliphatic carbocycles. The van der Waals surface area contributed by atoms with Gasteiger partial charge >= 0.3 is 0 Å². The van der Waals surface area contributed by atoms with Gasteiger partial charge in [-0.25, -0.2) is 0 Å². The van der Waals surface area contributed by atoms with Crippen LogP contribution in [-0.2, 0) is 6.42 Å². The van der Waals surface area contributed by atoms with Crippen molar-refractivity contribution in [2.75, 3.05) is 0 Å². The molecule has 0 aromatic heterocycles. The van der Waals surface area contributed by atoms with Crippen LogP contribution in [0.1, 0.15) is 50.7 Å². The van der Waals surface area contributed by atoms with Crippen molar-refractivity contribution in [1.29, 1.82) is 0 Å². The van der Waals surface area contributed by atoms with E-state index >= 15 is 0 Å². The van der Waals surface area contributed by atoms with Crippen LogP contribution >= 0.6 is 11.6 Å². The monoisotopic (exact) mass is 226 g/mol. The SMILES string of the molecule is CCCCc1cc(Cl)c(C(C)C)cc1O. The minimum Gasteiger partial charge on any atom is -0.508 e. The maximum Gasteiger partial charge on any atom is 0.119 e. The van der Waals surface area contributed by atoms with Crippen LogP contribution in [0, 0.1) is 0 Å². The van der Waals surface area contributed by atoms with Gasteiger partial charge in [0.2, 0.25) is 0 Å². The Hall–Kier alpha value is -0.690. The van der Waals surface area contributed by atoms with Crippen molar-refractivity contribution in [2.45, 2.75) is 46.0 Å². The van der Waals surface area contributed by atoms with Crippen LogP contribution in [-0.4, -0.2) is 5.11 Å². The van der Waals surface area contributed by atoms with Gasteiger partial charge in [-0.3, -0.25) is 0 Å². The van der Waals surface area contributed by atoms with Crippen molar-refractivity contribution < 1.29 is 5.11 Å². The van der Waals surface area contributed by atoms with Gasteiger partial charge in [0.15, 0.2) is 0 Å². The lowest BCUT2D eigenvalue weighted by Crippen LogP contribution is -1.93. The number of halogens is 1. The Kier molecular flexibility index (Phi) is 4.46. The molecule has 15 heavy (non-hydrogen) atoms. The zero-order valence-electron chi connectivity index (χ0n) is 9.68. The summed E-state index contributed by atoms with van der Waals surface area (Å²) < 4.78 is 0. The molecule has 0 atom stereocenters. The number of phenolic OH excluding ortho intramolecular Hbond substituents is 1. The van der Waals surface area contributed by atoms with Crippen LogP contribution in [0.25, 0.3) is 0 Å². The lowest BCUT2D eigenvalue weighted by Gasteiger charge is -2.12. The van der Waals surface area contributed by atoms with Crippen LogP contribution in [0.15, 0.2) is 12.1 Å². The molecular formula is C13H19ClO. The molecule has 1 nitrogen and oxygen atoms in total. The highest BCUT2D eigenvalue weighted by Crippen LogP contribution is 2.31. The Morgan fingerprint density at radius 2 is 2.00 bits per heavy atom. The summed E-state index contributed by atoms with van der Waals surface area (Å²) in [7, 11) is 0. The number of phenols is 1. The Bertz CT molecular complexity index is 332. The molecule has 2 heteroatoms. The van der Waals surface area contributed by atoms with Crippen LogP contribution in [0.5, 0.6) is 5.75 Å². The molecule has 0 spiro atoms. The fourth-order valence-corrected chi connectivity index (χ4v) is 2.03. The lowest BCUT2D eigenvalue weighted by molar-refractivity contribution is 0.465. The predicted octanol–water partition coefficient (Wildman–Crippen LogP) is 4.51. The molecule has 0 saturated carbocycles. The molecule has 0 bridgehead atoms. The third-order valence-electron chi connectivity index (χ3n) is 2.62. The molecule has 0 aliphatic heterocycles. The van der Waals surface area contributed by atoms with Gasteiger partial charge < -0.3 is 5.11 Å². The maximum absolute atomic E-state index is 9.83. The average Bonchev–Trinajstić information content (AvgIpc) is 2.18. The highest BCUT2D eigenvalue weighted by Gasteiger charge is 2.10. The van der Waals surface area contributed by atoms with Crippen molar-refractivity contribution in [2.24, 2.45) is 0 Å². The van der Waals surface area contributed by atoms with E-state index < -0.39 is 0 Å². The summed E-state index contributed by atoms with van der Waals surface area (Å²) in [6.07, 6.45) is 3.12. The average molecular weight is 227 g/mol. The Morgan fingerprint density at radius 1 is 1.33 bits per heavy atom. The highest BCUT2D eigenvalue weighted by molar-refractivity contribution is 6.31. The first-order valence-corrected chi connectivity index (χ1v) is 5.95. The third-order valence-corrected chi connectivity index (χ3v) is 2.95. The summed E-state index contributed by atoms with van der Waals surface area (Å²) in [4.78, 5) is 0. The van der Waals surface area contributed by atoms with E-state index in [2.05, 4.69) is 20.8 Å². The number of rotatable bonds is 4. The number of hydrogen-bond donors (Lipinski definition) is 1. The third kappa shape index (κ3) is 3.13. The Labute approximate surface area is 97.1 Å². The van der Waals surface area contributed by atoms with E-state index in [0.29, 0.717) is 11.7 Å². The molecule has 0 heterocycles. The summed E-state index contributed by atoms with van der Waals surface area (Å²) >= 11 is 6.16. The van der Waals surface area contributed by atoms with E-state index in [1.54, 1.807) is 6.07 Å². The number of hydrogen-bond acceptors (Lipinski definition) is 1. The molecule has 0 fully saturated rings. The van der Waals surface area contributed by atoms with E-state index in [4.69, 9.17) is 11.6 Å². The van der Waals surface area contributed by atoms with Crippen LogP contribution < -0.4 is 0 Å². The Balaban J connectivity index is 2.97. The van der Waals surface area contributed by atoms with Crippen LogP contribution in [0.3, 0.4) is 0 Å². The minimum atomic E-state index is 0.351. The second-order valence-electron chi connectivity index (χ2n) is 4.26. The number of unbranched alkanes of at least 4 members (excludes halogenated alkanes) is 1. The summed E-state index contributed by atoms with van der Waals surface area (Å²) in [5.74, 6) is 0.736. The van der Waals surface area contributed by atoms with Gasteiger partial charge in [0.25, 0.3) is 0 Å². The highest BCUT2D eigenvalue weighted by atomic mass is 35.5. The van der Waals surface area contributed by atoms with Crippen molar-refractivity contribution in [3.05, 3.63) is 28.3 Å². The normalized spacial score (nSPS) is 11.0. The van der Waals surface area contributed by atoms with Crippen molar-refractivity contribution in [1.82, 2.24) is 0 Å². The Morgan fingerprint density at radius 3 is 2.53 bits per heavy atom. The molecular weight excluding hydrogens is 208 g/mol. The van der Waals surface area contributed by atoms with Crippen molar-refractivity contribution >= 4 is 11.6 Å². The topological polar surface area (TPSA) is 20.2 Å². The van der Waals surface area contributed by atoms with Gasteiger partial charge in [-0.2, -0.15) is 0 Å². The number of aryl methyl sites for hydroxylation is 1. The summed E-state index contributed by atoms with van der Waals surface area (Å²) in [6, 6.07) is 3.71. The van der Waals surface area contributed by atoms with Gasteiger partial charge in [0.1, 0.15) is 5.75 Å². The summed E-state index contributed by atoms with van der Waals surface area (Å²) in [5.41, 5.74) is 1.99. The van der Waals surface area contributed by atoms with Gasteiger partial charge in [0.05, 0.1) is 0 Å². The quantitative estimate of drug-likeness (QED) is 0.801. The van der Waals surface area contributed by atoms with E-state index in [1.165, 1.54) is 0 Å². The fraction of sp³-hybridized carbons (Fsp3) is 0.538. The minimum absolute atomic E-state index is 0.351. The predicted molar refractivity (Wildman–Crippen MR) is 65.8 cm³/mol. The number of aromatic hydroxyl groups is 1. The number of benzene rings is 1. The zero-order chi connectivity index (χ0) is 11.4. The van der Waals surface area contributed by atoms with Crippen LogP contribution in [0.4, 0.5) is 0 Å². The van der Waals surface area contributed by atoms with Crippen molar-refractivity contribution in [3.8, 4) is 5.75 Å². The smallest absolute Gasteiger partial charge is 0.119 e. The molecule has 0 aliphatic rings. The maximum atomic E-state index is 9.83. The van der Waals surface area contributed by atoms with E-state index in [0.717, 1.165) is 35.4 Å². The van der Waals surface area contributed by atoms with Crippen LogP contribution in [0.2, 0.25) is 5.02 Å². The zero-order valence-corrected chi connectivity index (χ0v) is 10.4. The molecule has 0 saturated heterocycles. The van der Waals surface area contributed by atoms with E-state index in [1.807, 2.05) is 6.07 Å². The molecule has 1 N–H and O–H groups in total. The molecule has 0 unspecified atom stereocenters. The van der Waals surface area contributed by atoms with Gasteiger partial charge in [-0.15, -0.1) is 0 Å². The second-order valence-corrected chi connectivity index (χ2v) is 4.67. The molecule has 0 radical (unpaired) electrons. The van der Waals surface area contributed by atoms with E-state index in [9.17, 15) is 5.11 Å². The van der Waals surface area contributed by atoms with E-state index in [-0.39, 0.29) is 0 Å². The molecule has 1 rings (SSSR count). The first kappa shape index (κ1) is 12.4. The summed E-state index contributed by atoms with van der Waals surface area (Å²) in [5, 5.41) is 10.6. The van der Waals surface area contributed by atoms with Crippen molar-refractivity contribution in [3.63, 3.8) is 0 Å². The fourth-order valence-electron chi connectivity index (χ4n) is 1.63. The molecule has 1 aromatic rings. The molecule has 0 amide bonds.